The molecule has 0 bridgehead atoms. The maximum absolute atomic E-state index is 8.84. The van der Waals surface area contributed by atoms with E-state index >= 15 is 0 Å². The standard InChI is InChI=1S/C46H28O/c1-2-12-33-28-44-42(26-32(33)11-1)41-27-34(24-25-43(41)47-44)46-39-17-7-5-15-37(39)45(38-16-6-8-18-40(38)46)31-22-20-30(21-23-31)36-19-9-13-29-10-3-4-14-35(29)36/h1-28H/i3D,4D,9D,10D,13D,14D,19D. The Morgan fingerprint density at radius 3 is 1.64 bits per heavy atom. The van der Waals surface area contributed by atoms with Gasteiger partial charge >= 0.3 is 0 Å². The summed E-state index contributed by atoms with van der Waals surface area (Å²) in [6.07, 6.45) is 0. The van der Waals surface area contributed by atoms with E-state index in [9.17, 15) is 0 Å². The summed E-state index contributed by atoms with van der Waals surface area (Å²) in [6.45, 7) is 0. The third kappa shape index (κ3) is 4.03. The van der Waals surface area contributed by atoms with Crippen molar-refractivity contribution in [3.8, 4) is 33.4 Å². The lowest BCUT2D eigenvalue weighted by atomic mass is 9.85. The summed E-state index contributed by atoms with van der Waals surface area (Å²) in [7, 11) is 0. The number of hydrogen-bond donors (Lipinski definition) is 0. The summed E-state index contributed by atoms with van der Waals surface area (Å²) in [4.78, 5) is 0. The van der Waals surface area contributed by atoms with Crippen molar-refractivity contribution in [3.05, 3.63) is 170 Å². The predicted octanol–water partition coefficient (Wildman–Crippen LogP) is 13.2. The van der Waals surface area contributed by atoms with Crippen molar-refractivity contribution in [2.24, 2.45) is 0 Å². The molecule has 0 aliphatic carbocycles. The molecule has 0 saturated heterocycles. The van der Waals surface area contributed by atoms with Crippen LogP contribution >= 0.6 is 0 Å². The molecule has 0 N–H and O–H groups in total. The third-order valence-electron chi connectivity index (χ3n) is 9.33. The smallest absolute Gasteiger partial charge is 0.136 e. The van der Waals surface area contributed by atoms with E-state index in [2.05, 4.69) is 84.9 Å². The van der Waals surface area contributed by atoms with Gasteiger partial charge in [-0.3, -0.25) is 0 Å². The minimum Gasteiger partial charge on any atom is -0.456 e. The molecule has 47 heavy (non-hydrogen) atoms. The van der Waals surface area contributed by atoms with Crippen LogP contribution in [0.15, 0.2) is 174 Å². The van der Waals surface area contributed by atoms with Gasteiger partial charge in [-0.05, 0) is 101 Å². The number of furan rings is 1. The highest BCUT2D eigenvalue weighted by molar-refractivity contribution is 6.22. The van der Waals surface area contributed by atoms with Gasteiger partial charge in [0.25, 0.3) is 0 Å². The Bertz CT molecular complexity index is 3170. The van der Waals surface area contributed by atoms with Gasteiger partial charge in [-0.2, -0.15) is 0 Å². The first kappa shape index (κ1) is 20.0. The molecule has 0 saturated carbocycles. The van der Waals surface area contributed by atoms with Crippen molar-refractivity contribution >= 4 is 65.0 Å². The number of rotatable bonds is 3. The summed E-state index contributed by atoms with van der Waals surface area (Å²) in [5, 5.41) is 8.77. The second-order valence-corrected chi connectivity index (χ2v) is 11.9. The minimum atomic E-state index is -0.465. The Morgan fingerprint density at radius 2 is 0.915 bits per heavy atom. The van der Waals surface area contributed by atoms with Gasteiger partial charge in [-0.25, -0.2) is 0 Å². The van der Waals surface area contributed by atoms with E-state index in [4.69, 9.17) is 14.0 Å². The summed E-state index contributed by atoms with van der Waals surface area (Å²) < 4.78 is 66.0. The zero-order chi connectivity index (χ0) is 37.0. The Kier molecular flexibility index (Phi) is 4.34. The van der Waals surface area contributed by atoms with Gasteiger partial charge in [0.2, 0.25) is 0 Å². The van der Waals surface area contributed by atoms with E-state index in [0.29, 0.717) is 5.56 Å². The fourth-order valence-electron chi connectivity index (χ4n) is 7.20. The zero-order valence-corrected chi connectivity index (χ0v) is 25.0. The van der Waals surface area contributed by atoms with Crippen molar-refractivity contribution in [1.29, 1.82) is 0 Å². The first-order valence-electron chi connectivity index (χ1n) is 19.1. The van der Waals surface area contributed by atoms with E-state index < -0.39 is 12.1 Å². The summed E-state index contributed by atoms with van der Waals surface area (Å²) >= 11 is 0. The van der Waals surface area contributed by atoms with Gasteiger partial charge < -0.3 is 4.42 Å². The Labute approximate surface area is 281 Å². The first-order chi connectivity index (χ1) is 26.2. The van der Waals surface area contributed by atoms with Crippen molar-refractivity contribution in [1.82, 2.24) is 0 Å². The van der Waals surface area contributed by atoms with Crippen LogP contribution in [0.5, 0.6) is 0 Å². The van der Waals surface area contributed by atoms with Gasteiger partial charge in [0.05, 0.1) is 9.60 Å². The summed E-state index contributed by atoms with van der Waals surface area (Å²) in [5.74, 6) is 0. The van der Waals surface area contributed by atoms with Crippen LogP contribution in [0.4, 0.5) is 0 Å². The van der Waals surface area contributed by atoms with Gasteiger partial charge in [0.1, 0.15) is 11.2 Å². The molecule has 218 valence electrons. The van der Waals surface area contributed by atoms with Crippen molar-refractivity contribution < 1.29 is 14.0 Å². The highest BCUT2D eigenvalue weighted by atomic mass is 16.3. The van der Waals surface area contributed by atoms with Crippen LogP contribution in [0.25, 0.3) is 98.4 Å². The zero-order valence-electron chi connectivity index (χ0n) is 32.0. The second kappa shape index (κ2) is 10.2. The van der Waals surface area contributed by atoms with Crippen molar-refractivity contribution in [3.63, 3.8) is 0 Å². The lowest BCUT2D eigenvalue weighted by molar-refractivity contribution is 0.669. The first-order valence-corrected chi connectivity index (χ1v) is 15.6. The quantitative estimate of drug-likeness (QED) is 0.183. The largest absolute Gasteiger partial charge is 0.456 e. The van der Waals surface area contributed by atoms with Crippen LogP contribution in [0.3, 0.4) is 0 Å². The van der Waals surface area contributed by atoms with Crippen LogP contribution in [0.2, 0.25) is 0 Å². The monoisotopic (exact) mass is 603 g/mol. The maximum Gasteiger partial charge on any atom is 0.136 e. The fraction of sp³-hybridized carbons (Fsp3) is 0. The van der Waals surface area contributed by atoms with Crippen LogP contribution in [-0.2, 0) is 0 Å². The number of benzene rings is 9. The van der Waals surface area contributed by atoms with Gasteiger partial charge in [0, 0.05) is 10.8 Å². The lowest BCUT2D eigenvalue weighted by Gasteiger charge is -2.18. The minimum absolute atomic E-state index is 0.0522. The van der Waals surface area contributed by atoms with E-state index in [1.54, 1.807) is 0 Å². The third-order valence-corrected chi connectivity index (χ3v) is 9.33. The van der Waals surface area contributed by atoms with Crippen LogP contribution in [-0.4, -0.2) is 0 Å². The molecule has 0 aliphatic heterocycles. The molecule has 10 aromatic rings. The maximum atomic E-state index is 8.84. The molecule has 1 aromatic heterocycles. The Morgan fingerprint density at radius 1 is 0.362 bits per heavy atom. The van der Waals surface area contributed by atoms with E-state index in [1.807, 2.05) is 42.5 Å². The predicted molar refractivity (Wildman–Crippen MR) is 200 cm³/mol. The van der Waals surface area contributed by atoms with Gasteiger partial charge in [-0.1, -0.05) is 145 Å². The molecule has 0 unspecified atom stereocenters. The van der Waals surface area contributed by atoms with Crippen molar-refractivity contribution in [2.75, 3.05) is 0 Å². The summed E-state index contributed by atoms with van der Waals surface area (Å²) in [5.41, 5.74) is 6.61. The Balaban J connectivity index is 1.19. The number of fused-ring (bicyclic) bond motifs is 7. The second-order valence-electron chi connectivity index (χ2n) is 11.9. The number of hydrogen-bond acceptors (Lipinski definition) is 1. The average Bonchev–Trinajstić information content (AvgIpc) is 3.56. The Hall–Kier alpha value is -6.18. The lowest BCUT2D eigenvalue weighted by Crippen LogP contribution is -1.91. The molecule has 0 aliphatic rings. The van der Waals surface area contributed by atoms with E-state index in [-0.39, 0.29) is 46.5 Å². The topological polar surface area (TPSA) is 13.1 Å². The van der Waals surface area contributed by atoms with Crippen LogP contribution < -0.4 is 0 Å². The van der Waals surface area contributed by atoms with E-state index in [1.165, 1.54) is 0 Å². The average molecular weight is 604 g/mol. The SMILES string of the molecule is [2H]c1c([2H])c([2H])c2c(-c3ccc(-c4c5ccccc5c(-c5ccc6oc7cc8ccccc8cc7c6c5)c5ccccc45)cc3)c([2H])c([2H])c([2H])c2c1[2H]. The van der Waals surface area contributed by atoms with Gasteiger partial charge in [-0.15, -0.1) is 0 Å². The molecule has 9 aromatic carbocycles. The van der Waals surface area contributed by atoms with Gasteiger partial charge in [0.15, 0.2) is 0 Å². The normalized spacial score (nSPS) is 13.9. The molecule has 0 fully saturated rings. The molecule has 0 atom stereocenters. The van der Waals surface area contributed by atoms with Crippen LogP contribution in [0, 0.1) is 0 Å². The molecule has 10 rings (SSSR count). The molecule has 0 radical (unpaired) electrons. The molecule has 0 spiro atoms. The molecular formula is C46H28O. The molecular weight excluding hydrogens is 569 g/mol. The molecule has 1 heterocycles. The van der Waals surface area contributed by atoms with Crippen molar-refractivity contribution in [2.45, 2.75) is 0 Å². The fourth-order valence-corrected chi connectivity index (χ4v) is 7.20. The summed E-state index contributed by atoms with van der Waals surface area (Å²) in [6, 6.07) is 40.8. The highest BCUT2D eigenvalue weighted by Gasteiger charge is 2.18. The molecule has 0 amide bonds. The van der Waals surface area contributed by atoms with Crippen LogP contribution in [0.1, 0.15) is 9.60 Å². The molecule has 1 heteroatoms. The molecule has 1 nitrogen and oxygen atoms in total. The highest BCUT2D eigenvalue weighted by Crippen LogP contribution is 2.45. The van der Waals surface area contributed by atoms with E-state index in [0.717, 1.165) is 76.5 Å².